The van der Waals surface area contributed by atoms with Crippen molar-refractivity contribution in [2.24, 2.45) is 0 Å². The number of hydrogen-bond acceptors (Lipinski definition) is 5. The van der Waals surface area contributed by atoms with Crippen LogP contribution in [0, 0.1) is 0 Å². The summed E-state index contributed by atoms with van der Waals surface area (Å²) < 4.78 is 38.3. The van der Waals surface area contributed by atoms with Crippen molar-refractivity contribution in [1.82, 2.24) is 4.72 Å². The molecule has 1 unspecified atom stereocenters. The fourth-order valence-corrected chi connectivity index (χ4v) is 3.68. The zero-order valence-corrected chi connectivity index (χ0v) is 15.3. The van der Waals surface area contributed by atoms with Crippen molar-refractivity contribution in [3.05, 3.63) is 48.5 Å². The van der Waals surface area contributed by atoms with Gasteiger partial charge in [-0.25, -0.2) is 13.1 Å². The van der Waals surface area contributed by atoms with Crippen LogP contribution in [0.15, 0.2) is 53.4 Å². The molecule has 26 heavy (non-hydrogen) atoms. The lowest BCUT2D eigenvalue weighted by Gasteiger charge is -2.31. The molecule has 0 radical (unpaired) electrons. The van der Waals surface area contributed by atoms with Gasteiger partial charge in [-0.2, -0.15) is 0 Å². The molecule has 1 N–H and O–H groups in total. The number of nitrogens with zero attached hydrogens (tertiary/aromatic N) is 1. The maximum Gasteiger partial charge on any atom is 0.269 e. The van der Waals surface area contributed by atoms with E-state index in [-0.39, 0.29) is 17.3 Å². The van der Waals surface area contributed by atoms with E-state index in [0.717, 1.165) is 0 Å². The fourth-order valence-electron chi connectivity index (χ4n) is 2.65. The van der Waals surface area contributed by atoms with E-state index in [2.05, 4.69) is 4.72 Å². The van der Waals surface area contributed by atoms with Gasteiger partial charge >= 0.3 is 0 Å². The van der Waals surface area contributed by atoms with Gasteiger partial charge in [0.2, 0.25) is 10.0 Å². The third-order valence-corrected chi connectivity index (χ3v) is 5.45. The molecule has 1 heterocycles. The molecule has 1 amide bonds. The van der Waals surface area contributed by atoms with Gasteiger partial charge < -0.3 is 14.4 Å². The molecule has 138 valence electrons. The van der Waals surface area contributed by atoms with Gasteiger partial charge in [0.15, 0.2) is 6.10 Å². The van der Waals surface area contributed by atoms with Crippen LogP contribution in [-0.4, -0.2) is 40.6 Å². The number of anilines is 1. The van der Waals surface area contributed by atoms with Gasteiger partial charge in [-0.05, 0) is 43.3 Å². The first-order valence-electron chi connectivity index (χ1n) is 8.18. The summed E-state index contributed by atoms with van der Waals surface area (Å²) >= 11 is 0. The fraction of sp³-hybridized carbons (Fsp3) is 0.278. The van der Waals surface area contributed by atoms with E-state index in [1.165, 1.54) is 17.0 Å². The Kier molecular flexibility index (Phi) is 5.15. The van der Waals surface area contributed by atoms with Crippen molar-refractivity contribution in [3.63, 3.8) is 0 Å². The van der Waals surface area contributed by atoms with Crippen LogP contribution in [0.4, 0.5) is 5.69 Å². The number of nitrogens with one attached hydrogen (secondary N) is 1. The summed E-state index contributed by atoms with van der Waals surface area (Å²) in [5, 5.41) is 0. The summed E-state index contributed by atoms with van der Waals surface area (Å²) in [4.78, 5) is 14.0. The van der Waals surface area contributed by atoms with Gasteiger partial charge in [-0.15, -0.1) is 0 Å². The summed E-state index contributed by atoms with van der Waals surface area (Å²) in [6, 6.07) is 13.2. The molecule has 1 atom stereocenters. The Morgan fingerprint density at radius 3 is 2.54 bits per heavy atom. The van der Waals surface area contributed by atoms with E-state index in [0.29, 0.717) is 23.8 Å². The van der Waals surface area contributed by atoms with Gasteiger partial charge in [0.1, 0.15) is 11.5 Å². The number of ether oxygens (including phenoxy) is 2. The van der Waals surface area contributed by atoms with Gasteiger partial charge in [-0.1, -0.05) is 12.1 Å². The maximum absolute atomic E-state index is 12.4. The standard InChI is InChI=1S/C18H20N2O5S/c1-3-24-13-8-10-14(11-9-13)26(22,23)19-12-17-18(21)20(2)15-6-4-5-7-16(15)25-17/h4-11,17,19H,3,12H2,1-2H3. The van der Waals surface area contributed by atoms with Crippen molar-refractivity contribution >= 4 is 21.6 Å². The van der Waals surface area contributed by atoms with Gasteiger partial charge in [-0.3, -0.25) is 4.79 Å². The number of rotatable bonds is 6. The highest BCUT2D eigenvalue weighted by molar-refractivity contribution is 7.89. The Bertz CT molecular complexity index is 896. The van der Waals surface area contributed by atoms with Crippen LogP contribution < -0.4 is 19.1 Å². The summed E-state index contributed by atoms with van der Waals surface area (Å²) in [6.07, 6.45) is -0.924. The minimum Gasteiger partial charge on any atom is -0.494 e. The molecule has 1 aliphatic rings. The number of benzene rings is 2. The molecule has 0 spiro atoms. The second kappa shape index (κ2) is 7.35. The second-order valence-corrected chi connectivity index (χ2v) is 7.49. The largest absolute Gasteiger partial charge is 0.494 e. The van der Waals surface area contributed by atoms with E-state index >= 15 is 0 Å². The molecule has 3 rings (SSSR count). The zero-order valence-electron chi connectivity index (χ0n) is 14.5. The topological polar surface area (TPSA) is 84.9 Å². The van der Waals surface area contributed by atoms with Gasteiger partial charge in [0.25, 0.3) is 5.91 Å². The van der Waals surface area contributed by atoms with E-state index in [9.17, 15) is 13.2 Å². The molecular weight excluding hydrogens is 356 g/mol. The molecule has 2 aromatic carbocycles. The van der Waals surface area contributed by atoms with Crippen LogP contribution >= 0.6 is 0 Å². The van der Waals surface area contributed by atoms with Crippen molar-refractivity contribution in [1.29, 1.82) is 0 Å². The van der Waals surface area contributed by atoms with Crippen LogP contribution in [0.25, 0.3) is 0 Å². The van der Waals surface area contributed by atoms with Crippen LogP contribution in [0.5, 0.6) is 11.5 Å². The summed E-state index contributed by atoms with van der Waals surface area (Å²) in [5.74, 6) is 0.827. The van der Waals surface area contributed by atoms with Gasteiger partial charge in [0.05, 0.1) is 23.7 Å². The second-order valence-electron chi connectivity index (χ2n) is 5.73. The van der Waals surface area contributed by atoms with Crippen molar-refractivity contribution < 1.29 is 22.7 Å². The summed E-state index contributed by atoms with van der Waals surface area (Å²) in [5.41, 5.74) is 0.656. The lowest BCUT2D eigenvalue weighted by Crippen LogP contribution is -2.49. The predicted octanol–water partition coefficient (Wildman–Crippen LogP) is 1.79. The molecule has 7 nitrogen and oxygen atoms in total. The highest BCUT2D eigenvalue weighted by atomic mass is 32.2. The van der Waals surface area contributed by atoms with E-state index in [1.54, 1.807) is 43.4 Å². The smallest absolute Gasteiger partial charge is 0.269 e. The van der Waals surface area contributed by atoms with Gasteiger partial charge in [0, 0.05) is 7.05 Å². The summed E-state index contributed by atoms with van der Waals surface area (Å²) in [6.45, 7) is 2.19. The van der Waals surface area contributed by atoms with Crippen LogP contribution in [0.2, 0.25) is 0 Å². The first kappa shape index (κ1) is 18.2. The number of para-hydroxylation sites is 2. The Hall–Kier alpha value is -2.58. The molecule has 1 aliphatic heterocycles. The number of sulfonamides is 1. The van der Waals surface area contributed by atoms with Crippen molar-refractivity contribution in [3.8, 4) is 11.5 Å². The van der Waals surface area contributed by atoms with Crippen molar-refractivity contribution in [2.45, 2.75) is 17.9 Å². The lowest BCUT2D eigenvalue weighted by atomic mass is 10.2. The SMILES string of the molecule is CCOc1ccc(S(=O)(=O)NCC2Oc3ccccc3N(C)C2=O)cc1. The molecule has 0 fully saturated rings. The Morgan fingerprint density at radius 1 is 1.15 bits per heavy atom. The Balaban J connectivity index is 1.71. The highest BCUT2D eigenvalue weighted by Gasteiger charge is 2.33. The number of likely N-dealkylation sites (N-methyl/N-ethyl adjacent to an activating group) is 1. The number of carbonyl (C=O) groups is 1. The van der Waals surface area contributed by atoms with E-state index in [4.69, 9.17) is 9.47 Å². The monoisotopic (exact) mass is 376 g/mol. The maximum atomic E-state index is 12.4. The van der Waals surface area contributed by atoms with Crippen LogP contribution in [-0.2, 0) is 14.8 Å². The molecule has 2 aromatic rings. The zero-order chi connectivity index (χ0) is 18.7. The van der Waals surface area contributed by atoms with Crippen LogP contribution in [0.3, 0.4) is 0 Å². The molecule has 8 heteroatoms. The third-order valence-electron chi connectivity index (χ3n) is 4.01. The average molecular weight is 376 g/mol. The molecule has 0 saturated carbocycles. The molecule has 0 saturated heterocycles. The minimum absolute atomic E-state index is 0.0953. The average Bonchev–Trinajstić information content (AvgIpc) is 2.64. The summed E-state index contributed by atoms with van der Waals surface area (Å²) in [7, 11) is -2.13. The Morgan fingerprint density at radius 2 is 1.85 bits per heavy atom. The number of hydrogen-bond donors (Lipinski definition) is 1. The molecule has 0 aliphatic carbocycles. The lowest BCUT2D eigenvalue weighted by molar-refractivity contribution is -0.125. The van der Waals surface area contributed by atoms with E-state index in [1.807, 2.05) is 6.92 Å². The van der Waals surface area contributed by atoms with E-state index < -0.39 is 16.1 Å². The molecule has 0 aromatic heterocycles. The number of fused-ring (bicyclic) bond motifs is 1. The molecule has 0 bridgehead atoms. The minimum atomic E-state index is -3.77. The third kappa shape index (κ3) is 3.66. The number of amides is 1. The number of carbonyl (C=O) groups excluding carboxylic acids is 1. The quantitative estimate of drug-likeness (QED) is 0.831. The normalized spacial score (nSPS) is 16.8. The molecular formula is C18H20N2O5S. The first-order valence-corrected chi connectivity index (χ1v) is 9.66. The van der Waals surface area contributed by atoms with Crippen molar-refractivity contribution in [2.75, 3.05) is 25.1 Å². The first-order chi connectivity index (χ1) is 12.4. The highest BCUT2D eigenvalue weighted by Crippen LogP contribution is 2.32. The Labute approximate surface area is 152 Å². The van der Waals surface area contributed by atoms with Crippen LogP contribution in [0.1, 0.15) is 6.92 Å². The predicted molar refractivity (Wildman–Crippen MR) is 97.1 cm³/mol.